The van der Waals surface area contributed by atoms with Gasteiger partial charge in [-0.15, -0.1) is 0 Å². The number of carbonyl (C=O) groups excluding carboxylic acids is 1. The predicted molar refractivity (Wildman–Crippen MR) is 97.3 cm³/mol. The van der Waals surface area contributed by atoms with Crippen LogP contribution in [0.25, 0.3) is 0 Å². The number of aromatic amines is 1. The first-order valence-electron chi connectivity index (χ1n) is 7.28. The Morgan fingerprint density at radius 3 is 2.48 bits per heavy atom. The number of aromatic nitrogens is 2. The lowest BCUT2D eigenvalue weighted by molar-refractivity contribution is 0.0997. The minimum absolute atomic E-state index is 0.0799. The molecule has 1 aromatic heterocycles. The zero-order valence-electron chi connectivity index (χ0n) is 12.9. The van der Waals surface area contributed by atoms with Crippen LogP contribution in [0, 0.1) is 0 Å². The topological polar surface area (TPSA) is 107 Å². The fourth-order valence-corrected chi connectivity index (χ4v) is 2.64. The van der Waals surface area contributed by atoms with Gasteiger partial charge in [-0.05, 0) is 42.0 Å². The molecule has 0 saturated heterocycles. The molecule has 0 unspecified atom stereocenters. The van der Waals surface area contributed by atoms with Gasteiger partial charge in [-0.2, -0.15) is 0 Å². The molecule has 0 aliphatic rings. The van der Waals surface area contributed by atoms with E-state index in [1.54, 1.807) is 36.4 Å². The van der Waals surface area contributed by atoms with E-state index in [2.05, 4.69) is 9.97 Å². The van der Waals surface area contributed by atoms with Gasteiger partial charge in [0, 0.05) is 11.4 Å². The molecule has 0 bridgehead atoms. The normalized spacial score (nSPS) is 10.6. The number of ether oxygens (including phenoxy) is 1. The molecule has 0 atom stereocenters. The van der Waals surface area contributed by atoms with Crippen molar-refractivity contribution in [3.05, 3.63) is 69.6 Å². The number of H-pyrrole nitrogens is 1. The van der Waals surface area contributed by atoms with Crippen LogP contribution in [0.15, 0.2) is 42.5 Å². The van der Waals surface area contributed by atoms with E-state index in [9.17, 15) is 4.79 Å². The summed E-state index contributed by atoms with van der Waals surface area (Å²) in [5.41, 5.74) is 11.8. The van der Waals surface area contributed by atoms with E-state index in [1.807, 2.05) is 6.07 Å². The summed E-state index contributed by atoms with van der Waals surface area (Å²) in [6.45, 7) is 0. The molecule has 3 aromatic rings. The quantitative estimate of drug-likeness (QED) is 0.629. The number of nitrogens with one attached hydrogen (secondary N) is 1. The number of hydrogen-bond acceptors (Lipinski definition) is 4. The van der Waals surface area contributed by atoms with Gasteiger partial charge in [0.2, 0.25) is 0 Å². The molecule has 5 N–H and O–H groups in total. The molecule has 128 valence electrons. The van der Waals surface area contributed by atoms with Crippen molar-refractivity contribution in [2.45, 2.75) is 6.42 Å². The highest BCUT2D eigenvalue weighted by molar-refractivity contribution is 6.32. The molecule has 0 radical (unpaired) electrons. The van der Waals surface area contributed by atoms with Gasteiger partial charge in [-0.3, -0.25) is 4.79 Å². The Balaban J connectivity index is 1.76. The second-order valence-corrected chi connectivity index (χ2v) is 6.15. The highest BCUT2D eigenvalue weighted by Crippen LogP contribution is 2.31. The molecule has 1 amide bonds. The molecule has 0 fully saturated rings. The molecule has 0 aliphatic heterocycles. The van der Waals surface area contributed by atoms with Crippen LogP contribution < -0.4 is 16.2 Å². The van der Waals surface area contributed by atoms with Crippen LogP contribution in [0.5, 0.6) is 11.5 Å². The Morgan fingerprint density at radius 1 is 1.16 bits per heavy atom. The lowest BCUT2D eigenvalue weighted by atomic mass is 10.1. The van der Waals surface area contributed by atoms with Crippen molar-refractivity contribution in [2.75, 3.05) is 5.73 Å². The van der Waals surface area contributed by atoms with Gasteiger partial charge in [-0.25, -0.2) is 4.98 Å². The minimum Gasteiger partial charge on any atom is -0.456 e. The standard InChI is InChI=1S/C17H14Cl2N4O2/c18-10-2-4-11(5-3-10)25-13-6-1-9(7-12(13)19)8-14-22-15(17(21)24)16(20)23-14/h1-7H,8,20H2,(H2,21,24)(H,22,23). The second-order valence-electron chi connectivity index (χ2n) is 5.31. The van der Waals surface area contributed by atoms with Crippen LogP contribution in [0.1, 0.15) is 21.9 Å². The van der Waals surface area contributed by atoms with Crippen molar-refractivity contribution in [3.8, 4) is 11.5 Å². The van der Waals surface area contributed by atoms with Gasteiger partial charge in [0.05, 0.1) is 5.02 Å². The van der Waals surface area contributed by atoms with Crippen LogP contribution in [0.3, 0.4) is 0 Å². The average Bonchev–Trinajstić information content (AvgIpc) is 2.93. The number of halogens is 2. The first kappa shape index (κ1) is 17.1. The van der Waals surface area contributed by atoms with Crippen molar-refractivity contribution >= 4 is 34.9 Å². The third-order valence-electron chi connectivity index (χ3n) is 3.44. The van der Waals surface area contributed by atoms with Crippen LogP contribution in [-0.2, 0) is 6.42 Å². The fraction of sp³-hybridized carbons (Fsp3) is 0.0588. The number of imidazole rings is 1. The number of hydrogen-bond donors (Lipinski definition) is 3. The van der Waals surface area contributed by atoms with Gasteiger partial charge in [0.25, 0.3) is 5.91 Å². The maximum atomic E-state index is 11.2. The molecule has 25 heavy (non-hydrogen) atoms. The monoisotopic (exact) mass is 376 g/mol. The number of benzene rings is 2. The SMILES string of the molecule is NC(=O)c1[nH]c(Cc2ccc(Oc3ccc(Cl)cc3)c(Cl)c2)nc1N. The number of carbonyl (C=O) groups is 1. The smallest absolute Gasteiger partial charge is 0.269 e. The Hall–Kier alpha value is -2.70. The van der Waals surface area contributed by atoms with E-state index in [-0.39, 0.29) is 11.5 Å². The summed E-state index contributed by atoms with van der Waals surface area (Å²) in [6, 6.07) is 12.3. The molecule has 1 heterocycles. The van der Waals surface area contributed by atoms with Crippen LogP contribution >= 0.6 is 23.2 Å². The zero-order valence-corrected chi connectivity index (χ0v) is 14.4. The van der Waals surface area contributed by atoms with E-state index in [0.29, 0.717) is 33.8 Å². The largest absolute Gasteiger partial charge is 0.456 e. The average molecular weight is 377 g/mol. The van der Waals surface area contributed by atoms with E-state index < -0.39 is 5.91 Å². The predicted octanol–water partition coefficient (Wildman–Crippen LogP) is 3.78. The maximum Gasteiger partial charge on any atom is 0.269 e. The van der Waals surface area contributed by atoms with Gasteiger partial charge >= 0.3 is 0 Å². The van der Waals surface area contributed by atoms with Crippen molar-refractivity contribution in [3.63, 3.8) is 0 Å². The molecule has 2 aromatic carbocycles. The minimum atomic E-state index is -0.652. The summed E-state index contributed by atoms with van der Waals surface area (Å²) in [5, 5.41) is 1.07. The summed E-state index contributed by atoms with van der Waals surface area (Å²) in [7, 11) is 0. The molecule has 0 spiro atoms. The van der Waals surface area contributed by atoms with E-state index in [4.69, 9.17) is 39.4 Å². The van der Waals surface area contributed by atoms with E-state index in [0.717, 1.165) is 5.56 Å². The van der Waals surface area contributed by atoms with Crippen LogP contribution in [-0.4, -0.2) is 15.9 Å². The summed E-state index contributed by atoms with van der Waals surface area (Å²) < 4.78 is 5.73. The molecule has 8 heteroatoms. The number of amides is 1. The van der Waals surface area contributed by atoms with Crippen molar-refractivity contribution in [1.29, 1.82) is 0 Å². The van der Waals surface area contributed by atoms with Crippen LogP contribution in [0.2, 0.25) is 10.0 Å². The fourth-order valence-electron chi connectivity index (χ4n) is 2.27. The van der Waals surface area contributed by atoms with Crippen molar-refractivity contribution in [2.24, 2.45) is 5.73 Å². The number of nitrogen functional groups attached to an aromatic ring is 1. The van der Waals surface area contributed by atoms with Crippen molar-refractivity contribution < 1.29 is 9.53 Å². The molecule has 6 nitrogen and oxygen atoms in total. The number of primary amides is 1. The molecular weight excluding hydrogens is 363 g/mol. The molecule has 0 saturated carbocycles. The molecular formula is C17H14Cl2N4O2. The number of rotatable bonds is 5. The van der Waals surface area contributed by atoms with Gasteiger partial charge < -0.3 is 21.2 Å². The number of nitrogens with two attached hydrogens (primary N) is 2. The first-order valence-corrected chi connectivity index (χ1v) is 8.04. The summed E-state index contributed by atoms with van der Waals surface area (Å²) >= 11 is 12.1. The Bertz CT molecular complexity index is 923. The Labute approximate surface area is 153 Å². The summed E-state index contributed by atoms with van der Waals surface area (Å²) in [6.07, 6.45) is 0.415. The van der Waals surface area contributed by atoms with Gasteiger partial charge in [0.1, 0.15) is 23.0 Å². The van der Waals surface area contributed by atoms with Crippen LogP contribution in [0.4, 0.5) is 5.82 Å². The zero-order chi connectivity index (χ0) is 18.0. The second kappa shape index (κ2) is 7.04. The highest BCUT2D eigenvalue weighted by Gasteiger charge is 2.13. The Kier molecular flexibility index (Phi) is 4.83. The van der Waals surface area contributed by atoms with E-state index in [1.165, 1.54) is 0 Å². The number of anilines is 1. The third-order valence-corrected chi connectivity index (χ3v) is 3.98. The highest BCUT2D eigenvalue weighted by atomic mass is 35.5. The van der Waals surface area contributed by atoms with Gasteiger partial charge in [-0.1, -0.05) is 29.3 Å². The van der Waals surface area contributed by atoms with E-state index >= 15 is 0 Å². The molecule has 3 rings (SSSR count). The van der Waals surface area contributed by atoms with Gasteiger partial charge in [0.15, 0.2) is 5.82 Å². The third kappa shape index (κ3) is 4.04. The number of nitrogens with zero attached hydrogens (tertiary/aromatic N) is 1. The molecule has 0 aliphatic carbocycles. The summed E-state index contributed by atoms with van der Waals surface area (Å²) in [5.74, 6) is 1.10. The lowest BCUT2D eigenvalue weighted by Gasteiger charge is -2.09. The maximum absolute atomic E-state index is 11.2. The lowest BCUT2D eigenvalue weighted by Crippen LogP contribution is -2.13. The van der Waals surface area contributed by atoms with Crippen molar-refractivity contribution in [1.82, 2.24) is 9.97 Å². The first-order chi connectivity index (χ1) is 11.9. The summed E-state index contributed by atoms with van der Waals surface area (Å²) in [4.78, 5) is 18.1. The Morgan fingerprint density at radius 2 is 1.88 bits per heavy atom.